The fraction of sp³-hybridized carbons (Fsp3) is 0.267. The lowest BCUT2D eigenvalue weighted by Crippen LogP contribution is -2.15. The Hall–Kier alpha value is -2.21. The van der Waals surface area contributed by atoms with Gasteiger partial charge in [-0.15, -0.1) is 10.2 Å². The Morgan fingerprint density at radius 2 is 2.05 bits per heavy atom. The summed E-state index contributed by atoms with van der Waals surface area (Å²) in [6.45, 7) is 4.93. The maximum absolute atomic E-state index is 13.1. The summed E-state index contributed by atoms with van der Waals surface area (Å²) in [6.07, 6.45) is 0. The molecule has 0 radical (unpaired) electrons. The third kappa shape index (κ3) is 4.39. The number of hydrogen-bond acceptors (Lipinski definition) is 4. The summed E-state index contributed by atoms with van der Waals surface area (Å²) < 4.78 is 13.1. The SMILES string of the molecule is CC(C)CNc1ccc(C(=O)Nc2ccc(F)c(Cl)c2)nn1. The van der Waals surface area contributed by atoms with Crippen molar-refractivity contribution in [3.05, 3.63) is 46.9 Å². The number of hydrogen-bond donors (Lipinski definition) is 2. The summed E-state index contributed by atoms with van der Waals surface area (Å²) in [4.78, 5) is 12.0. The second-order valence-electron chi connectivity index (χ2n) is 5.16. The van der Waals surface area contributed by atoms with Gasteiger partial charge in [-0.2, -0.15) is 0 Å². The van der Waals surface area contributed by atoms with Crippen LogP contribution in [-0.2, 0) is 0 Å². The van der Waals surface area contributed by atoms with Gasteiger partial charge in [-0.05, 0) is 36.2 Å². The van der Waals surface area contributed by atoms with Crippen molar-refractivity contribution >= 4 is 29.0 Å². The van der Waals surface area contributed by atoms with E-state index in [4.69, 9.17) is 11.6 Å². The molecule has 0 aliphatic carbocycles. The van der Waals surface area contributed by atoms with Crippen molar-refractivity contribution < 1.29 is 9.18 Å². The molecular formula is C15H16ClFN4O. The number of halogens is 2. The molecule has 1 aromatic carbocycles. The Morgan fingerprint density at radius 1 is 1.27 bits per heavy atom. The summed E-state index contributed by atoms with van der Waals surface area (Å²) in [6, 6.07) is 7.19. The Bertz CT molecular complexity index is 661. The molecule has 1 amide bonds. The molecule has 5 nitrogen and oxygen atoms in total. The van der Waals surface area contributed by atoms with Gasteiger partial charge >= 0.3 is 0 Å². The molecule has 0 saturated carbocycles. The predicted octanol–water partition coefficient (Wildman–Crippen LogP) is 3.59. The van der Waals surface area contributed by atoms with E-state index in [1.807, 2.05) is 0 Å². The molecule has 0 fully saturated rings. The van der Waals surface area contributed by atoms with Crippen molar-refractivity contribution in [2.45, 2.75) is 13.8 Å². The Balaban J connectivity index is 2.01. The number of nitrogens with one attached hydrogen (secondary N) is 2. The first kappa shape index (κ1) is 16.2. The minimum Gasteiger partial charge on any atom is -0.368 e. The highest BCUT2D eigenvalue weighted by Gasteiger charge is 2.10. The predicted molar refractivity (Wildman–Crippen MR) is 84.7 cm³/mol. The topological polar surface area (TPSA) is 66.9 Å². The van der Waals surface area contributed by atoms with E-state index in [0.717, 1.165) is 6.54 Å². The third-order valence-corrected chi connectivity index (χ3v) is 3.06. The largest absolute Gasteiger partial charge is 0.368 e. The van der Waals surface area contributed by atoms with Gasteiger partial charge < -0.3 is 10.6 Å². The molecular weight excluding hydrogens is 307 g/mol. The normalized spacial score (nSPS) is 10.6. The minimum absolute atomic E-state index is 0.0582. The van der Waals surface area contributed by atoms with E-state index in [-0.39, 0.29) is 10.7 Å². The van der Waals surface area contributed by atoms with Crippen molar-refractivity contribution in [3.63, 3.8) is 0 Å². The van der Waals surface area contributed by atoms with Crippen LogP contribution >= 0.6 is 11.6 Å². The lowest BCUT2D eigenvalue weighted by molar-refractivity contribution is 0.102. The summed E-state index contributed by atoms with van der Waals surface area (Å²) >= 11 is 5.66. The number of anilines is 2. The highest BCUT2D eigenvalue weighted by molar-refractivity contribution is 6.31. The average Bonchev–Trinajstić information content (AvgIpc) is 2.49. The molecule has 7 heteroatoms. The number of carbonyl (C=O) groups excluding carboxylic acids is 1. The van der Waals surface area contributed by atoms with Crippen molar-refractivity contribution in [3.8, 4) is 0 Å². The van der Waals surface area contributed by atoms with E-state index in [1.165, 1.54) is 18.2 Å². The number of nitrogens with zero attached hydrogens (tertiary/aromatic N) is 2. The Morgan fingerprint density at radius 3 is 2.64 bits per heavy atom. The van der Waals surface area contributed by atoms with E-state index in [1.54, 1.807) is 12.1 Å². The second-order valence-corrected chi connectivity index (χ2v) is 5.57. The molecule has 0 aliphatic heterocycles. The molecule has 0 bridgehead atoms. The smallest absolute Gasteiger partial charge is 0.276 e. The van der Waals surface area contributed by atoms with Crippen LogP contribution in [0, 0.1) is 11.7 Å². The first-order chi connectivity index (χ1) is 10.5. The Labute approximate surface area is 132 Å². The van der Waals surface area contributed by atoms with E-state index < -0.39 is 11.7 Å². The third-order valence-electron chi connectivity index (χ3n) is 2.77. The van der Waals surface area contributed by atoms with Gasteiger partial charge in [0.15, 0.2) is 5.69 Å². The molecule has 116 valence electrons. The van der Waals surface area contributed by atoms with Crippen molar-refractivity contribution in [2.75, 3.05) is 17.2 Å². The zero-order chi connectivity index (χ0) is 16.1. The van der Waals surface area contributed by atoms with Crippen molar-refractivity contribution in [2.24, 2.45) is 5.92 Å². The van der Waals surface area contributed by atoms with Gasteiger partial charge in [0.2, 0.25) is 0 Å². The second kappa shape index (κ2) is 7.17. The van der Waals surface area contributed by atoms with Crippen LogP contribution in [0.25, 0.3) is 0 Å². The van der Waals surface area contributed by atoms with Gasteiger partial charge in [-0.25, -0.2) is 4.39 Å². The summed E-state index contributed by atoms with van der Waals surface area (Å²) in [5.74, 6) is 0.105. The summed E-state index contributed by atoms with van der Waals surface area (Å²) in [5, 5.41) is 13.4. The Kier molecular flexibility index (Phi) is 5.27. The first-order valence-corrected chi connectivity index (χ1v) is 7.17. The molecule has 0 atom stereocenters. The van der Waals surface area contributed by atoms with Crippen molar-refractivity contribution in [1.29, 1.82) is 0 Å². The van der Waals surface area contributed by atoms with E-state index in [9.17, 15) is 9.18 Å². The van der Waals surface area contributed by atoms with E-state index in [0.29, 0.717) is 17.4 Å². The average molecular weight is 323 g/mol. The number of rotatable bonds is 5. The highest BCUT2D eigenvalue weighted by Crippen LogP contribution is 2.19. The molecule has 0 spiro atoms. The maximum Gasteiger partial charge on any atom is 0.276 e. The van der Waals surface area contributed by atoms with E-state index in [2.05, 4.69) is 34.7 Å². The summed E-state index contributed by atoms with van der Waals surface area (Å²) in [7, 11) is 0. The molecule has 0 unspecified atom stereocenters. The molecule has 2 rings (SSSR count). The minimum atomic E-state index is -0.542. The van der Waals surface area contributed by atoms with Gasteiger partial charge in [0, 0.05) is 12.2 Å². The number of carbonyl (C=O) groups is 1. The fourth-order valence-electron chi connectivity index (χ4n) is 1.63. The van der Waals surface area contributed by atoms with Crippen LogP contribution in [0.4, 0.5) is 15.9 Å². The number of aromatic nitrogens is 2. The van der Waals surface area contributed by atoms with Crippen molar-refractivity contribution in [1.82, 2.24) is 10.2 Å². The molecule has 0 saturated heterocycles. The number of benzene rings is 1. The first-order valence-electron chi connectivity index (χ1n) is 6.79. The van der Waals surface area contributed by atoms with Gasteiger partial charge in [0.25, 0.3) is 5.91 Å². The maximum atomic E-state index is 13.1. The molecule has 2 aromatic rings. The molecule has 0 aliphatic rings. The van der Waals surface area contributed by atoms with Gasteiger partial charge in [0.1, 0.15) is 11.6 Å². The zero-order valence-corrected chi connectivity index (χ0v) is 13.0. The standard InChI is InChI=1S/C15H16ClFN4O/c1-9(2)8-18-14-6-5-13(20-21-14)15(22)19-10-3-4-12(17)11(16)7-10/h3-7,9H,8H2,1-2H3,(H,18,21)(H,19,22). The fourth-order valence-corrected chi connectivity index (χ4v) is 1.81. The van der Waals surface area contributed by atoms with Gasteiger partial charge in [-0.3, -0.25) is 4.79 Å². The molecule has 1 heterocycles. The molecule has 2 N–H and O–H groups in total. The van der Waals surface area contributed by atoms with Gasteiger partial charge in [0.05, 0.1) is 5.02 Å². The zero-order valence-electron chi connectivity index (χ0n) is 12.2. The molecule has 22 heavy (non-hydrogen) atoms. The monoisotopic (exact) mass is 322 g/mol. The van der Waals surface area contributed by atoms with Crippen LogP contribution in [-0.4, -0.2) is 22.6 Å². The lowest BCUT2D eigenvalue weighted by atomic mass is 10.2. The van der Waals surface area contributed by atoms with Crippen LogP contribution in [0.2, 0.25) is 5.02 Å². The van der Waals surface area contributed by atoms with Gasteiger partial charge in [-0.1, -0.05) is 25.4 Å². The van der Waals surface area contributed by atoms with Crippen LogP contribution in [0.3, 0.4) is 0 Å². The highest BCUT2D eigenvalue weighted by atomic mass is 35.5. The summed E-state index contributed by atoms with van der Waals surface area (Å²) in [5.41, 5.74) is 0.552. The van der Waals surface area contributed by atoms with E-state index >= 15 is 0 Å². The number of amides is 1. The van der Waals surface area contributed by atoms with Crippen LogP contribution < -0.4 is 10.6 Å². The van der Waals surface area contributed by atoms with Crippen LogP contribution in [0.15, 0.2) is 30.3 Å². The van der Waals surface area contributed by atoms with Crippen LogP contribution in [0.5, 0.6) is 0 Å². The molecule has 1 aromatic heterocycles. The quantitative estimate of drug-likeness (QED) is 0.882. The lowest BCUT2D eigenvalue weighted by Gasteiger charge is -2.08. The van der Waals surface area contributed by atoms with Crippen LogP contribution in [0.1, 0.15) is 24.3 Å².